The molecule has 0 aliphatic heterocycles. The second-order valence-electron chi connectivity index (χ2n) is 4.56. The normalized spacial score (nSPS) is 13.8. The summed E-state index contributed by atoms with van der Waals surface area (Å²) < 4.78 is 21.7. The Morgan fingerprint density at radius 1 is 1.29 bits per heavy atom. The highest BCUT2D eigenvalue weighted by Crippen LogP contribution is 2.25. The van der Waals surface area contributed by atoms with Gasteiger partial charge in [-0.2, -0.15) is 0 Å². The predicted octanol–water partition coefficient (Wildman–Crippen LogP) is 2.99. The largest absolute Gasteiger partial charge is 0.484 e. The molecule has 0 aliphatic rings. The Hall–Kier alpha value is -1.66. The molecule has 21 heavy (non-hydrogen) atoms. The van der Waals surface area contributed by atoms with Crippen LogP contribution in [0, 0.1) is 0 Å². The predicted molar refractivity (Wildman–Crippen MR) is 80.9 cm³/mol. The molecule has 0 saturated carbocycles. The molecule has 1 rings (SSSR count). The average Bonchev–Trinajstić information content (AvgIpc) is 2.46. The molecular weight excluding hydrogens is 292 g/mol. The van der Waals surface area contributed by atoms with Gasteiger partial charge in [0.25, 0.3) is 0 Å². The molecule has 1 aromatic rings. The van der Waals surface area contributed by atoms with Gasteiger partial charge in [-0.15, -0.1) is 0 Å². The first-order valence-corrected chi connectivity index (χ1v) is 7.67. The van der Waals surface area contributed by atoms with Gasteiger partial charge >= 0.3 is 5.97 Å². The SMILES string of the molecule is CC/C(=C(/OC(C)C)C(=O)O)c1ccc(S(=O)OC)cc1. The maximum absolute atomic E-state index is 11.5. The molecular formula is C15H20O5S. The van der Waals surface area contributed by atoms with Crippen molar-refractivity contribution in [3.05, 3.63) is 35.6 Å². The fourth-order valence-electron chi connectivity index (χ4n) is 1.85. The van der Waals surface area contributed by atoms with Crippen molar-refractivity contribution in [1.82, 2.24) is 0 Å². The van der Waals surface area contributed by atoms with E-state index in [0.29, 0.717) is 16.9 Å². The highest BCUT2D eigenvalue weighted by atomic mass is 32.2. The fourth-order valence-corrected chi connectivity index (χ4v) is 2.40. The van der Waals surface area contributed by atoms with Crippen LogP contribution < -0.4 is 0 Å². The van der Waals surface area contributed by atoms with Crippen LogP contribution in [0.25, 0.3) is 5.57 Å². The van der Waals surface area contributed by atoms with Crippen LogP contribution >= 0.6 is 0 Å². The Bertz CT molecular complexity index is 546. The van der Waals surface area contributed by atoms with Crippen molar-refractivity contribution in [1.29, 1.82) is 0 Å². The number of allylic oxidation sites excluding steroid dienone is 1. The van der Waals surface area contributed by atoms with E-state index in [4.69, 9.17) is 8.92 Å². The van der Waals surface area contributed by atoms with E-state index in [1.54, 1.807) is 38.1 Å². The van der Waals surface area contributed by atoms with E-state index >= 15 is 0 Å². The monoisotopic (exact) mass is 312 g/mol. The molecule has 6 heteroatoms. The number of benzene rings is 1. The summed E-state index contributed by atoms with van der Waals surface area (Å²) >= 11 is -1.51. The van der Waals surface area contributed by atoms with Crippen LogP contribution in [0.4, 0.5) is 0 Å². The van der Waals surface area contributed by atoms with Gasteiger partial charge in [0.1, 0.15) is 0 Å². The smallest absolute Gasteiger partial charge is 0.371 e. The molecule has 1 N–H and O–H groups in total. The van der Waals surface area contributed by atoms with Gasteiger partial charge in [0, 0.05) is 5.57 Å². The number of carboxylic acid groups (broad SMARTS) is 1. The van der Waals surface area contributed by atoms with Crippen molar-refractivity contribution >= 4 is 22.6 Å². The first-order valence-electron chi connectivity index (χ1n) is 6.60. The van der Waals surface area contributed by atoms with Crippen molar-refractivity contribution in [2.24, 2.45) is 0 Å². The Balaban J connectivity index is 3.24. The van der Waals surface area contributed by atoms with Gasteiger partial charge in [-0.25, -0.2) is 9.00 Å². The van der Waals surface area contributed by atoms with E-state index in [1.807, 2.05) is 6.92 Å². The van der Waals surface area contributed by atoms with Crippen molar-refractivity contribution in [3.63, 3.8) is 0 Å². The van der Waals surface area contributed by atoms with E-state index in [9.17, 15) is 14.1 Å². The Labute approximate surface area is 127 Å². The second-order valence-corrected chi connectivity index (χ2v) is 5.83. The molecule has 0 radical (unpaired) electrons. The van der Waals surface area contributed by atoms with Crippen LogP contribution in [0.1, 0.15) is 32.8 Å². The van der Waals surface area contributed by atoms with E-state index in [0.717, 1.165) is 5.56 Å². The summed E-state index contributed by atoms with van der Waals surface area (Å²) in [6.45, 7) is 5.42. The summed E-state index contributed by atoms with van der Waals surface area (Å²) in [5.41, 5.74) is 1.33. The zero-order chi connectivity index (χ0) is 16.0. The van der Waals surface area contributed by atoms with Crippen molar-refractivity contribution < 1.29 is 23.0 Å². The summed E-state index contributed by atoms with van der Waals surface area (Å²) in [6, 6.07) is 6.74. The lowest BCUT2D eigenvalue weighted by atomic mass is 10.0. The van der Waals surface area contributed by atoms with Crippen LogP contribution in [0.2, 0.25) is 0 Å². The molecule has 0 heterocycles. The Kier molecular flexibility index (Phi) is 6.58. The molecule has 0 aliphatic carbocycles. The number of hydrogen-bond acceptors (Lipinski definition) is 4. The number of carbonyl (C=O) groups is 1. The van der Waals surface area contributed by atoms with Crippen LogP contribution in [0.5, 0.6) is 0 Å². The second kappa shape index (κ2) is 7.95. The average molecular weight is 312 g/mol. The summed E-state index contributed by atoms with van der Waals surface area (Å²) in [5.74, 6) is -1.14. The van der Waals surface area contributed by atoms with Crippen molar-refractivity contribution in [2.75, 3.05) is 7.11 Å². The summed E-state index contributed by atoms with van der Waals surface area (Å²) in [5, 5.41) is 9.31. The van der Waals surface area contributed by atoms with Crippen LogP contribution in [0.3, 0.4) is 0 Å². The number of hydrogen-bond donors (Lipinski definition) is 1. The lowest BCUT2D eigenvalue weighted by Crippen LogP contribution is -2.13. The molecule has 0 spiro atoms. The molecule has 1 atom stereocenters. The standard InChI is InChI=1S/C15H20O5S/c1-5-13(14(15(16)17)20-10(2)3)11-6-8-12(9-7-11)21(18)19-4/h6-10H,5H2,1-4H3,(H,16,17)/b14-13-. The Morgan fingerprint density at radius 3 is 2.24 bits per heavy atom. The summed E-state index contributed by atoms with van der Waals surface area (Å²) in [6.07, 6.45) is 0.291. The number of carboxylic acids is 1. The first-order chi connectivity index (χ1) is 9.90. The molecule has 1 aromatic carbocycles. The van der Waals surface area contributed by atoms with E-state index < -0.39 is 17.0 Å². The van der Waals surface area contributed by atoms with Gasteiger partial charge < -0.3 is 9.84 Å². The maximum atomic E-state index is 11.5. The molecule has 0 bridgehead atoms. The van der Waals surface area contributed by atoms with E-state index in [-0.39, 0.29) is 11.9 Å². The van der Waals surface area contributed by atoms with E-state index in [1.165, 1.54) is 7.11 Å². The van der Waals surface area contributed by atoms with Gasteiger partial charge in [-0.3, -0.25) is 4.18 Å². The topological polar surface area (TPSA) is 72.8 Å². The molecule has 0 aromatic heterocycles. The molecule has 0 saturated heterocycles. The lowest BCUT2D eigenvalue weighted by Gasteiger charge is -2.15. The third-order valence-electron chi connectivity index (χ3n) is 2.72. The summed E-state index contributed by atoms with van der Waals surface area (Å²) in [7, 11) is 1.36. The van der Waals surface area contributed by atoms with Crippen LogP contribution in [-0.2, 0) is 24.8 Å². The molecule has 1 unspecified atom stereocenters. The highest BCUT2D eigenvalue weighted by molar-refractivity contribution is 7.80. The molecule has 0 fully saturated rings. The third kappa shape index (κ3) is 4.68. The molecule has 0 amide bonds. The molecule has 116 valence electrons. The van der Waals surface area contributed by atoms with Gasteiger partial charge in [0.05, 0.1) is 18.1 Å². The Morgan fingerprint density at radius 2 is 1.86 bits per heavy atom. The number of ether oxygens (including phenoxy) is 1. The maximum Gasteiger partial charge on any atom is 0.371 e. The first kappa shape index (κ1) is 17.4. The van der Waals surface area contributed by atoms with Crippen LogP contribution in [0.15, 0.2) is 34.9 Å². The summed E-state index contributed by atoms with van der Waals surface area (Å²) in [4.78, 5) is 11.9. The number of aliphatic carboxylic acids is 1. The molecule has 5 nitrogen and oxygen atoms in total. The van der Waals surface area contributed by atoms with Gasteiger partial charge in [-0.1, -0.05) is 19.1 Å². The minimum atomic E-state index is -1.51. The third-order valence-corrected chi connectivity index (χ3v) is 3.68. The van der Waals surface area contributed by atoms with Gasteiger partial charge in [0.2, 0.25) is 5.76 Å². The van der Waals surface area contributed by atoms with E-state index in [2.05, 4.69) is 0 Å². The zero-order valence-corrected chi connectivity index (χ0v) is 13.4. The highest BCUT2D eigenvalue weighted by Gasteiger charge is 2.18. The number of rotatable bonds is 7. The minimum absolute atomic E-state index is 0.0480. The lowest BCUT2D eigenvalue weighted by molar-refractivity contribution is -0.137. The van der Waals surface area contributed by atoms with Crippen molar-refractivity contribution in [2.45, 2.75) is 38.2 Å². The zero-order valence-electron chi connectivity index (χ0n) is 12.6. The van der Waals surface area contributed by atoms with Gasteiger partial charge in [0.15, 0.2) is 11.1 Å². The minimum Gasteiger partial charge on any atom is -0.484 e. The van der Waals surface area contributed by atoms with Crippen molar-refractivity contribution in [3.8, 4) is 0 Å². The quantitative estimate of drug-likeness (QED) is 0.619. The van der Waals surface area contributed by atoms with Gasteiger partial charge in [-0.05, 0) is 38.0 Å². The van der Waals surface area contributed by atoms with Crippen LogP contribution in [-0.4, -0.2) is 28.5 Å². The fraction of sp³-hybridized carbons (Fsp3) is 0.400.